The molecule has 1 aliphatic rings. The summed E-state index contributed by atoms with van der Waals surface area (Å²) in [5.74, 6) is 0.177. The Labute approximate surface area is 109 Å². The number of amides is 1. The number of aryl methyl sites for hydroxylation is 1. The number of likely N-dealkylation sites (tertiary alicyclic amines) is 1. The smallest absolute Gasteiger partial charge is 0.253 e. The second kappa shape index (κ2) is 5.53. The average molecular weight is 246 g/mol. The topological polar surface area (TPSA) is 23.6 Å². The molecular weight excluding hydrogens is 224 g/mol. The number of carbonyl (C=O) groups excluding carboxylic acids is 1. The lowest BCUT2D eigenvalue weighted by molar-refractivity contribution is 0.0663. The molecule has 0 atom stereocenters. The van der Waals surface area contributed by atoms with Crippen molar-refractivity contribution in [2.45, 2.75) is 25.8 Å². The molecule has 0 saturated carbocycles. The molecular formula is C15H22N2O. The van der Waals surface area contributed by atoms with Crippen molar-refractivity contribution in [1.82, 2.24) is 9.80 Å². The van der Waals surface area contributed by atoms with Crippen molar-refractivity contribution >= 4 is 5.91 Å². The molecule has 0 unspecified atom stereocenters. The number of hydrogen-bond donors (Lipinski definition) is 0. The first-order valence-corrected chi connectivity index (χ1v) is 6.60. The first-order chi connectivity index (χ1) is 8.58. The Bertz CT molecular complexity index is 420. The van der Waals surface area contributed by atoms with E-state index in [0.717, 1.165) is 37.1 Å². The second-order valence-electron chi connectivity index (χ2n) is 5.36. The third kappa shape index (κ3) is 2.91. The highest BCUT2D eigenvalue weighted by Crippen LogP contribution is 2.17. The maximum atomic E-state index is 12.3. The van der Waals surface area contributed by atoms with Gasteiger partial charge in [0, 0.05) is 24.7 Å². The van der Waals surface area contributed by atoms with Gasteiger partial charge in [0.2, 0.25) is 0 Å². The Morgan fingerprint density at radius 3 is 2.50 bits per heavy atom. The van der Waals surface area contributed by atoms with Crippen LogP contribution in [-0.2, 0) is 0 Å². The van der Waals surface area contributed by atoms with Crippen LogP contribution in [0.4, 0.5) is 0 Å². The van der Waals surface area contributed by atoms with Gasteiger partial charge in [0.15, 0.2) is 0 Å². The van der Waals surface area contributed by atoms with Gasteiger partial charge in [-0.2, -0.15) is 0 Å². The monoisotopic (exact) mass is 246 g/mol. The highest BCUT2D eigenvalue weighted by molar-refractivity contribution is 5.94. The maximum Gasteiger partial charge on any atom is 0.253 e. The van der Waals surface area contributed by atoms with Crippen molar-refractivity contribution in [1.29, 1.82) is 0 Å². The van der Waals surface area contributed by atoms with Crippen LogP contribution in [0, 0.1) is 6.92 Å². The van der Waals surface area contributed by atoms with Gasteiger partial charge in [-0.05, 0) is 46.0 Å². The Morgan fingerprint density at radius 2 is 1.94 bits per heavy atom. The molecule has 18 heavy (non-hydrogen) atoms. The fourth-order valence-electron chi connectivity index (χ4n) is 2.55. The zero-order valence-electron chi connectivity index (χ0n) is 11.5. The summed E-state index contributed by atoms with van der Waals surface area (Å²) in [6.07, 6.45) is 2.15. The van der Waals surface area contributed by atoms with Crippen molar-refractivity contribution in [2.24, 2.45) is 0 Å². The molecule has 0 radical (unpaired) electrons. The molecule has 1 aliphatic heterocycles. The molecule has 0 bridgehead atoms. The third-order valence-electron chi connectivity index (χ3n) is 3.75. The van der Waals surface area contributed by atoms with Crippen molar-refractivity contribution in [3.05, 3.63) is 35.4 Å². The summed E-state index contributed by atoms with van der Waals surface area (Å²) >= 11 is 0. The van der Waals surface area contributed by atoms with E-state index in [1.807, 2.05) is 36.1 Å². The summed E-state index contributed by atoms with van der Waals surface area (Å²) in [7, 11) is 4.23. The van der Waals surface area contributed by atoms with E-state index in [9.17, 15) is 4.79 Å². The lowest BCUT2D eigenvalue weighted by Gasteiger charge is -2.35. The van der Waals surface area contributed by atoms with Crippen LogP contribution in [-0.4, -0.2) is 48.9 Å². The number of piperidine rings is 1. The molecule has 1 heterocycles. The standard InChI is InChI=1S/C15H22N2O/c1-12-5-4-6-13(11-12)15(18)17-9-7-14(8-10-17)16(2)3/h4-6,11,14H,7-10H2,1-3H3. The van der Waals surface area contributed by atoms with Crippen LogP contribution in [0.5, 0.6) is 0 Å². The second-order valence-corrected chi connectivity index (χ2v) is 5.36. The van der Waals surface area contributed by atoms with Gasteiger partial charge in [-0.25, -0.2) is 0 Å². The highest BCUT2D eigenvalue weighted by atomic mass is 16.2. The van der Waals surface area contributed by atoms with Crippen LogP contribution in [0.25, 0.3) is 0 Å². The molecule has 1 saturated heterocycles. The van der Waals surface area contributed by atoms with Gasteiger partial charge in [-0.3, -0.25) is 4.79 Å². The third-order valence-corrected chi connectivity index (χ3v) is 3.75. The number of carbonyl (C=O) groups is 1. The van der Waals surface area contributed by atoms with Gasteiger partial charge in [-0.1, -0.05) is 17.7 Å². The van der Waals surface area contributed by atoms with E-state index in [-0.39, 0.29) is 5.91 Å². The van der Waals surface area contributed by atoms with Crippen LogP contribution in [0.3, 0.4) is 0 Å². The Balaban J connectivity index is 1.99. The molecule has 1 amide bonds. The first-order valence-electron chi connectivity index (χ1n) is 6.60. The van der Waals surface area contributed by atoms with Crippen LogP contribution in [0.15, 0.2) is 24.3 Å². The number of nitrogens with zero attached hydrogens (tertiary/aromatic N) is 2. The van der Waals surface area contributed by atoms with E-state index in [0.29, 0.717) is 6.04 Å². The molecule has 1 aromatic rings. The van der Waals surface area contributed by atoms with Gasteiger partial charge >= 0.3 is 0 Å². The fraction of sp³-hybridized carbons (Fsp3) is 0.533. The van der Waals surface area contributed by atoms with Crippen molar-refractivity contribution in [3.8, 4) is 0 Å². The first kappa shape index (κ1) is 13.1. The average Bonchev–Trinajstić information content (AvgIpc) is 2.38. The zero-order chi connectivity index (χ0) is 13.1. The molecule has 1 aromatic carbocycles. The molecule has 3 heteroatoms. The minimum absolute atomic E-state index is 0.177. The molecule has 0 spiro atoms. The van der Waals surface area contributed by atoms with Gasteiger partial charge < -0.3 is 9.80 Å². The summed E-state index contributed by atoms with van der Waals surface area (Å²) in [4.78, 5) is 16.6. The molecule has 0 aliphatic carbocycles. The van der Waals surface area contributed by atoms with Crippen LogP contribution in [0.1, 0.15) is 28.8 Å². The zero-order valence-corrected chi connectivity index (χ0v) is 11.5. The lowest BCUT2D eigenvalue weighted by atomic mass is 10.0. The largest absolute Gasteiger partial charge is 0.339 e. The van der Waals surface area contributed by atoms with E-state index in [4.69, 9.17) is 0 Å². The van der Waals surface area contributed by atoms with Crippen molar-refractivity contribution in [3.63, 3.8) is 0 Å². The Morgan fingerprint density at radius 1 is 1.28 bits per heavy atom. The van der Waals surface area contributed by atoms with E-state index >= 15 is 0 Å². The molecule has 3 nitrogen and oxygen atoms in total. The number of rotatable bonds is 2. The van der Waals surface area contributed by atoms with E-state index in [1.165, 1.54) is 0 Å². The number of hydrogen-bond acceptors (Lipinski definition) is 2. The minimum Gasteiger partial charge on any atom is -0.339 e. The fourth-order valence-corrected chi connectivity index (χ4v) is 2.55. The van der Waals surface area contributed by atoms with Gasteiger partial charge in [0.1, 0.15) is 0 Å². The molecule has 0 aromatic heterocycles. The summed E-state index contributed by atoms with van der Waals surface area (Å²) in [6.45, 7) is 3.76. The molecule has 1 fully saturated rings. The van der Waals surface area contributed by atoms with E-state index in [2.05, 4.69) is 19.0 Å². The summed E-state index contributed by atoms with van der Waals surface area (Å²) in [5, 5.41) is 0. The predicted octanol–water partition coefficient (Wildman–Crippen LogP) is 2.16. The summed E-state index contributed by atoms with van der Waals surface area (Å²) in [5.41, 5.74) is 1.96. The Hall–Kier alpha value is -1.35. The van der Waals surface area contributed by atoms with Crippen molar-refractivity contribution < 1.29 is 4.79 Å². The molecule has 2 rings (SSSR count). The molecule has 0 N–H and O–H groups in total. The normalized spacial score (nSPS) is 17.2. The predicted molar refractivity (Wildman–Crippen MR) is 73.8 cm³/mol. The number of benzene rings is 1. The van der Waals surface area contributed by atoms with E-state index in [1.54, 1.807) is 0 Å². The Kier molecular flexibility index (Phi) is 4.02. The van der Waals surface area contributed by atoms with Gasteiger partial charge in [0.25, 0.3) is 5.91 Å². The van der Waals surface area contributed by atoms with Gasteiger partial charge in [-0.15, -0.1) is 0 Å². The minimum atomic E-state index is 0.177. The SMILES string of the molecule is Cc1cccc(C(=O)N2CCC(N(C)C)CC2)c1. The summed E-state index contributed by atoms with van der Waals surface area (Å²) < 4.78 is 0. The van der Waals surface area contributed by atoms with Crippen LogP contribution >= 0.6 is 0 Å². The lowest BCUT2D eigenvalue weighted by Crippen LogP contribution is -2.44. The van der Waals surface area contributed by atoms with Crippen LogP contribution in [0.2, 0.25) is 0 Å². The highest BCUT2D eigenvalue weighted by Gasteiger charge is 2.24. The summed E-state index contributed by atoms with van der Waals surface area (Å²) in [6, 6.07) is 8.48. The van der Waals surface area contributed by atoms with Gasteiger partial charge in [0.05, 0.1) is 0 Å². The quantitative estimate of drug-likeness (QED) is 0.798. The van der Waals surface area contributed by atoms with Crippen LogP contribution < -0.4 is 0 Å². The van der Waals surface area contributed by atoms with E-state index < -0.39 is 0 Å². The maximum absolute atomic E-state index is 12.3. The van der Waals surface area contributed by atoms with Crippen molar-refractivity contribution in [2.75, 3.05) is 27.2 Å². The molecule has 98 valence electrons.